The first-order valence-electron chi connectivity index (χ1n) is 8.00. The van der Waals surface area contributed by atoms with E-state index < -0.39 is 5.79 Å². The van der Waals surface area contributed by atoms with Gasteiger partial charge >= 0.3 is 0 Å². The smallest absolute Gasteiger partial charge is 0.261 e. The summed E-state index contributed by atoms with van der Waals surface area (Å²) >= 11 is 0. The zero-order chi connectivity index (χ0) is 17.2. The Morgan fingerprint density at radius 2 is 1.75 bits per heavy atom. The van der Waals surface area contributed by atoms with Crippen LogP contribution in [0.3, 0.4) is 0 Å². The zero-order valence-corrected chi connectivity index (χ0v) is 13.5. The molecule has 0 unspecified atom stereocenters. The summed E-state index contributed by atoms with van der Waals surface area (Å²) in [6, 6.07) is 6.68. The highest BCUT2D eigenvalue weighted by molar-refractivity contribution is 6.21. The molecule has 128 valence electrons. The third-order valence-electron chi connectivity index (χ3n) is 4.24. The van der Waals surface area contributed by atoms with Gasteiger partial charge in [-0.15, -0.1) is 0 Å². The normalized spacial score (nSPS) is 18.8. The van der Waals surface area contributed by atoms with Gasteiger partial charge in [0.15, 0.2) is 5.79 Å². The van der Waals surface area contributed by atoms with Crippen LogP contribution in [-0.4, -0.2) is 54.7 Å². The third kappa shape index (κ3) is 3.32. The van der Waals surface area contributed by atoms with E-state index in [-0.39, 0.29) is 30.7 Å². The van der Waals surface area contributed by atoms with Crippen LogP contribution in [0.4, 0.5) is 0 Å². The number of amides is 3. The van der Waals surface area contributed by atoms with Crippen LogP contribution in [0.1, 0.15) is 40.5 Å². The van der Waals surface area contributed by atoms with Gasteiger partial charge in [0.05, 0.1) is 24.3 Å². The first-order chi connectivity index (χ1) is 11.5. The van der Waals surface area contributed by atoms with Gasteiger partial charge in [-0.3, -0.25) is 19.3 Å². The Hall–Kier alpha value is -2.25. The maximum Gasteiger partial charge on any atom is 0.261 e. The molecule has 7 nitrogen and oxygen atoms in total. The minimum absolute atomic E-state index is 0.0719. The largest absolute Gasteiger partial charge is 0.356 e. The summed E-state index contributed by atoms with van der Waals surface area (Å²) < 4.78 is 10.9. The summed E-state index contributed by atoms with van der Waals surface area (Å²) in [6.07, 6.45) is 0.621. The Kier molecular flexibility index (Phi) is 4.64. The molecule has 0 bridgehead atoms. The van der Waals surface area contributed by atoms with E-state index in [2.05, 4.69) is 5.32 Å². The number of imide groups is 1. The highest BCUT2D eigenvalue weighted by Gasteiger charge is 2.35. The van der Waals surface area contributed by atoms with Gasteiger partial charge < -0.3 is 14.8 Å². The molecule has 7 heteroatoms. The summed E-state index contributed by atoms with van der Waals surface area (Å²) in [5, 5.41) is 2.76. The van der Waals surface area contributed by atoms with Crippen molar-refractivity contribution in [3.63, 3.8) is 0 Å². The first-order valence-corrected chi connectivity index (χ1v) is 8.00. The second-order valence-electron chi connectivity index (χ2n) is 5.99. The average molecular weight is 332 g/mol. The van der Waals surface area contributed by atoms with Crippen molar-refractivity contribution in [3.05, 3.63) is 35.4 Å². The van der Waals surface area contributed by atoms with Gasteiger partial charge in [0.25, 0.3) is 11.8 Å². The standard InChI is InChI=1S/C17H20N2O5/c1-17(23-10-11-24-17)7-8-18-14(20)6-9-19-15(21)12-4-2-3-5-13(12)16(19)22/h2-5H,6-11H2,1H3,(H,18,20). The Labute approximate surface area is 139 Å². The second kappa shape index (κ2) is 6.70. The first kappa shape index (κ1) is 16.6. The van der Waals surface area contributed by atoms with E-state index in [1.54, 1.807) is 24.3 Å². The monoisotopic (exact) mass is 332 g/mol. The maximum absolute atomic E-state index is 12.2. The van der Waals surface area contributed by atoms with Crippen LogP contribution < -0.4 is 5.32 Å². The topological polar surface area (TPSA) is 84.9 Å². The van der Waals surface area contributed by atoms with Gasteiger partial charge in [0.1, 0.15) is 0 Å². The molecule has 3 rings (SSSR count). The molecule has 0 atom stereocenters. The van der Waals surface area contributed by atoms with Crippen LogP contribution in [0.5, 0.6) is 0 Å². The van der Waals surface area contributed by atoms with Crippen molar-refractivity contribution >= 4 is 17.7 Å². The zero-order valence-electron chi connectivity index (χ0n) is 13.5. The number of nitrogens with one attached hydrogen (secondary N) is 1. The van der Waals surface area contributed by atoms with Crippen LogP contribution in [0, 0.1) is 0 Å². The molecular weight excluding hydrogens is 312 g/mol. The number of rotatable bonds is 6. The molecule has 0 saturated carbocycles. The van der Waals surface area contributed by atoms with Gasteiger partial charge in [0.2, 0.25) is 5.91 Å². The van der Waals surface area contributed by atoms with Crippen LogP contribution in [0.2, 0.25) is 0 Å². The number of ether oxygens (including phenoxy) is 2. The number of fused-ring (bicyclic) bond motifs is 1. The van der Waals surface area contributed by atoms with E-state index >= 15 is 0 Å². The molecule has 2 aliphatic heterocycles. The Morgan fingerprint density at radius 3 is 2.33 bits per heavy atom. The van der Waals surface area contributed by atoms with Gasteiger partial charge in [-0.1, -0.05) is 12.1 Å². The molecule has 1 saturated heterocycles. The highest BCUT2D eigenvalue weighted by Crippen LogP contribution is 2.23. The third-order valence-corrected chi connectivity index (χ3v) is 4.24. The van der Waals surface area contributed by atoms with E-state index in [4.69, 9.17) is 9.47 Å². The molecule has 0 aromatic heterocycles. The average Bonchev–Trinajstić information content (AvgIpc) is 3.10. The molecule has 0 aliphatic carbocycles. The van der Waals surface area contributed by atoms with Crippen LogP contribution in [-0.2, 0) is 14.3 Å². The Morgan fingerprint density at radius 1 is 1.17 bits per heavy atom. The Bertz CT molecular complexity index is 632. The fraction of sp³-hybridized carbons (Fsp3) is 0.471. The molecule has 3 amide bonds. The summed E-state index contributed by atoms with van der Waals surface area (Å²) in [4.78, 5) is 37.4. The number of hydrogen-bond acceptors (Lipinski definition) is 5. The predicted octanol–water partition coefficient (Wildman–Crippen LogP) is 0.942. The van der Waals surface area contributed by atoms with Crippen molar-refractivity contribution in [2.45, 2.75) is 25.6 Å². The highest BCUT2D eigenvalue weighted by atomic mass is 16.7. The quantitative estimate of drug-likeness (QED) is 0.784. The molecule has 2 heterocycles. The molecule has 1 aromatic carbocycles. The van der Waals surface area contributed by atoms with E-state index in [1.807, 2.05) is 6.92 Å². The molecule has 24 heavy (non-hydrogen) atoms. The molecule has 2 aliphatic rings. The van der Waals surface area contributed by atoms with Crippen molar-refractivity contribution in [1.29, 1.82) is 0 Å². The van der Waals surface area contributed by atoms with Crippen molar-refractivity contribution < 1.29 is 23.9 Å². The van der Waals surface area contributed by atoms with Crippen LogP contribution >= 0.6 is 0 Å². The van der Waals surface area contributed by atoms with E-state index in [9.17, 15) is 14.4 Å². The molecular formula is C17H20N2O5. The van der Waals surface area contributed by atoms with Crippen LogP contribution in [0.15, 0.2) is 24.3 Å². The van der Waals surface area contributed by atoms with Gasteiger partial charge in [-0.2, -0.15) is 0 Å². The molecule has 1 aromatic rings. The van der Waals surface area contributed by atoms with Gasteiger partial charge in [0, 0.05) is 25.9 Å². The van der Waals surface area contributed by atoms with Gasteiger partial charge in [-0.25, -0.2) is 0 Å². The van der Waals surface area contributed by atoms with Crippen molar-refractivity contribution in [2.24, 2.45) is 0 Å². The van der Waals surface area contributed by atoms with Crippen molar-refractivity contribution in [3.8, 4) is 0 Å². The fourth-order valence-electron chi connectivity index (χ4n) is 2.87. The van der Waals surface area contributed by atoms with Crippen molar-refractivity contribution in [2.75, 3.05) is 26.3 Å². The number of hydrogen-bond donors (Lipinski definition) is 1. The summed E-state index contributed by atoms with van der Waals surface area (Å²) in [7, 11) is 0. The summed E-state index contributed by atoms with van der Waals surface area (Å²) in [5.41, 5.74) is 0.790. The number of benzene rings is 1. The summed E-state index contributed by atoms with van der Waals surface area (Å²) in [5.74, 6) is -1.55. The van der Waals surface area contributed by atoms with E-state index in [0.29, 0.717) is 37.3 Å². The lowest BCUT2D eigenvalue weighted by molar-refractivity contribution is -0.146. The molecule has 0 radical (unpaired) electrons. The minimum Gasteiger partial charge on any atom is -0.356 e. The predicted molar refractivity (Wildman–Crippen MR) is 84.4 cm³/mol. The lowest BCUT2D eigenvalue weighted by atomic mass is 10.1. The minimum atomic E-state index is -0.643. The SMILES string of the molecule is CC1(CCNC(=O)CCN2C(=O)c3ccccc3C2=O)OCCO1. The van der Waals surface area contributed by atoms with E-state index in [1.165, 1.54) is 0 Å². The lowest BCUT2D eigenvalue weighted by Gasteiger charge is -2.22. The second-order valence-corrected chi connectivity index (χ2v) is 5.99. The molecule has 0 spiro atoms. The summed E-state index contributed by atoms with van der Waals surface area (Å²) in [6.45, 7) is 3.44. The van der Waals surface area contributed by atoms with Crippen molar-refractivity contribution in [1.82, 2.24) is 10.2 Å². The van der Waals surface area contributed by atoms with Gasteiger partial charge in [-0.05, 0) is 19.1 Å². The van der Waals surface area contributed by atoms with Crippen LogP contribution in [0.25, 0.3) is 0 Å². The molecule has 1 fully saturated rings. The lowest BCUT2D eigenvalue weighted by Crippen LogP contribution is -2.37. The Balaban J connectivity index is 1.45. The number of nitrogens with zero attached hydrogens (tertiary/aromatic N) is 1. The molecule has 1 N–H and O–H groups in total. The fourth-order valence-corrected chi connectivity index (χ4v) is 2.87. The number of carbonyl (C=O) groups is 3. The maximum atomic E-state index is 12.2. The van der Waals surface area contributed by atoms with E-state index in [0.717, 1.165) is 4.90 Å². The number of carbonyl (C=O) groups excluding carboxylic acids is 3.